The highest BCUT2D eigenvalue weighted by Gasteiger charge is 2.16. The quantitative estimate of drug-likeness (QED) is 0.500. The highest BCUT2D eigenvalue weighted by Crippen LogP contribution is 2.21. The van der Waals surface area contributed by atoms with Crippen LogP contribution < -0.4 is 10.6 Å². The van der Waals surface area contributed by atoms with Gasteiger partial charge < -0.3 is 25.3 Å². The van der Waals surface area contributed by atoms with Crippen molar-refractivity contribution in [3.8, 4) is 0 Å². The van der Waals surface area contributed by atoms with Gasteiger partial charge in [-0.15, -0.1) is 0 Å². The molecule has 1 aromatic carbocycles. The summed E-state index contributed by atoms with van der Waals surface area (Å²) in [6, 6.07) is 8.36. The molecule has 1 saturated heterocycles. The number of H-pyrrole nitrogens is 1. The average molecular weight is 386 g/mol. The zero-order valence-electron chi connectivity index (χ0n) is 17.0. The first kappa shape index (κ1) is 20.2. The van der Waals surface area contributed by atoms with Crippen molar-refractivity contribution < 1.29 is 9.53 Å². The summed E-state index contributed by atoms with van der Waals surface area (Å²) in [4.78, 5) is 21.4. The number of guanidine groups is 1. The molecule has 2 heterocycles. The van der Waals surface area contributed by atoms with Crippen LogP contribution in [0.5, 0.6) is 0 Å². The number of carbonyl (C=O) groups excluding carboxylic acids is 1. The van der Waals surface area contributed by atoms with Gasteiger partial charge in [0.1, 0.15) is 6.54 Å². The van der Waals surface area contributed by atoms with Gasteiger partial charge in [0.2, 0.25) is 5.91 Å². The molecule has 7 heteroatoms. The van der Waals surface area contributed by atoms with E-state index >= 15 is 0 Å². The van der Waals surface area contributed by atoms with Gasteiger partial charge in [0.15, 0.2) is 5.96 Å². The second kappa shape index (κ2) is 9.59. The van der Waals surface area contributed by atoms with Gasteiger partial charge in [-0.05, 0) is 31.4 Å². The topological polar surface area (TPSA) is 81.8 Å². The van der Waals surface area contributed by atoms with E-state index in [1.54, 1.807) is 19.0 Å². The number of aromatic amines is 1. The molecule has 1 amide bonds. The molecule has 0 bridgehead atoms. The molecular weight excluding hydrogens is 354 g/mol. The fourth-order valence-electron chi connectivity index (χ4n) is 3.41. The highest BCUT2D eigenvalue weighted by atomic mass is 16.5. The Labute approximate surface area is 166 Å². The Morgan fingerprint density at radius 1 is 1.32 bits per heavy atom. The van der Waals surface area contributed by atoms with Crippen LogP contribution in [0.15, 0.2) is 29.3 Å². The number of aromatic nitrogens is 1. The number of aryl methyl sites for hydroxylation is 1. The number of nitrogens with one attached hydrogen (secondary N) is 3. The van der Waals surface area contributed by atoms with E-state index in [4.69, 9.17) is 4.74 Å². The number of benzene rings is 1. The van der Waals surface area contributed by atoms with Crippen molar-refractivity contribution in [1.29, 1.82) is 0 Å². The molecule has 0 aliphatic carbocycles. The average Bonchev–Trinajstić information content (AvgIpc) is 3.30. The van der Waals surface area contributed by atoms with Gasteiger partial charge in [-0.2, -0.15) is 0 Å². The van der Waals surface area contributed by atoms with Crippen molar-refractivity contribution >= 4 is 22.8 Å². The number of hydrogen-bond acceptors (Lipinski definition) is 3. The van der Waals surface area contributed by atoms with E-state index < -0.39 is 0 Å². The van der Waals surface area contributed by atoms with Crippen LogP contribution in [0.1, 0.15) is 17.7 Å². The van der Waals surface area contributed by atoms with Gasteiger partial charge in [-0.3, -0.25) is 4.79 Å². The van der Waals surface area contributed by atoms with Crippen molar-refractivity contribution in [2.24, 2.45) is 10.9 Å². The van der Waals surface area contributed by atoms with E-state index in [1.165, 1.54) is 22.2 Å². The number of amides is 1. The van der Waals surface area contributed by atoms with Crippen LogP contribution in [0, 0.1) is 12.8 Å². The lowest BCUT2D eigenvalue weighted by Crippen LogP contribution is -2.41. The van der Waals surface area contributed by atoms with Gasteiger partial charge in [0.05, 0.1) is 6.61 Å². The molecule has 3 rings (SSSR count). The van der Waals surface area contributed by atoms with E-state index in [1.807, 2.05) is 6.07 Å². The predicted octanol–water partition coefficient (Wildman–Crippen LogP) is 1.68. The van der Waals surface area contributed by atoms with Crippen molar-refractivity contribution in [1.82, 2.24) is 20.5 Å². The largest absolute Gasteiger partial charge is 0.381 e. The van der Waals surface area contributed by atoms with Crippen LogP contribution in [-0.4, -0.2) is 68.7 Å². The second-order valence-electron chi connectivity index (χ2n) is 7.51. The third kappa shape index (κ3) is 5.25. The maximum Gasteiger partial charge on any atom is 0.243 e. The van der Waals surface area contributed by atoms with E-state index in [-0.39, 0.29) is 12.5 Å². The molecule has 1 atom stereocenters. The number of ether oxygens (including phenoxy) is 1. The van der Waals surface area contributed by atoms with Gasteiger partial charge >= 0.3 is 0 Å². The van der Waals surface area contributed by atoms with Crippen molar-refractivity contribution in [2.75, 3.05) is 46.9 Å². The minimum absolute atomic E-state index is 0.0160. The molecular formula is C21H31N5O2. The van der Waals surface area contributed by atoms with Crippen LogP contribution in [-0.2, 0) is 16.0 Å². The third-order valence-electron chi connectivity index (χ3n) is 5.15. The highest BCUT2D eigenvalue weighted by molar-refractivity contribution is 5.86. The molecule has 0 saturated carbocycles. The van der Waals surface area contributed by atoms with Crippen LogP contribution in [0.4, 0.5) is 0 Å². The molecule has 1 fully saturated rings. The zero-order chi connectivity index (χ0) is 19.9. The van der Waals surface area contributed by atoms with Gasteiger partial charge in [0, 0.05) is 56.3 Å². The molecule has 1 aliphatic heterocycles. The second-order valence-corrected chi connectivity index (χ2v) is 7.51. The summed E-state index contributed by atoms with van der Waals surface area (Å²) in [6.07, 6.45) is 1.94. The Bertz CT molecular complexity index is 821. The monoisotopic (exact) mass is 385 g/mol. The normalized spacial score (nSPS) is 17.1. The van der Waals surface area contributed by atoms with Crippen LogP contribution in [0.25, 0.3) is 10.9 Å². The Morgan fingerprint density at radius 3 is 2.89 bits per heavy atom. The van der Waals surface area contributed by atoms with Gasteiger partial charge in [-0.1, -0.05) is 18.2 Å². The first-order valence-electron chi connectivity index (χ1n) is 9.91. The van der Waals surface area contributed by atoms with E-state index in [0.29, 0.717) is 11.9 Å². The molecule has 3 N–H and O–H groups in total. The first-order chi connectivity index (χ1) is 13.5. The van der Waals surface area contributed by atoms with Gasteiger partial charge in [-0.25, -0.2) is 4.99 Å². The molecule has 28 heavy (non-hydrogen) atoms. The maximum absolute atomic E-state index is 11.9. The summed E-state index contributed by atoms with van der Waals surface area (Å²) < 4.78 is 5.44. The van der Waals surface area contributed by atoms with Crippen molar-refractivity contribution in [3.63, 3.8) is 0 Å². The number of para-hydroxylation sites is 1. The lowest BCUT2D eigenvalue weighted by atomic mass is 10.1. The summed E-state index contributed by atoms with van der Waals surface area (Å²) in [5, 5.41) is 8.01. The van der Waals surface area contributed by atoms with Crippen LogP contribution in [0.2, 0.25) is 0 Å². The minimum Gasteiger partial charge on any atom is -0.381 e. The van der Waals surface area contributed by atoms with Crippen LogP contribution in [0.3, 0.4) is 0 Å². The number of fused-ring (bicyclic) bond motifs is 1. The molecule has 0 spiro atoms. The molecule has 1 aliphatic rings. The van der Waals surface area contributed by atoms with E-state index in [9.17, 15) is 4.79 Å². The molecule has 1 unspecified atom stereocenters. The summed E-state index contributed by atoms with van der Waals surface area (Å²) in [7, 11) is 3.49. The fourth-order valence-corrected chi connectivity index (χ4v) is 3.41. The lowest BCUT2D eigenvalue weighted by Gasteiger charge is -2.16. The van der Waals surface area contributed by atoms with Crippen molar-refractivity contribution in [2.45, 2.75) is 19.8 Å². The predicted molar refractivity (Wildman–Crippen MR) is 113 cm³/mol. The molecule has 152 valence electrons. The Balaban J connectivity index is 1.60. The Kier molecular flexibility index (Phi) is 6.92. The molecule has 0 radical (unpaired) electrons. The van der Waals surface area contributed by atoms with Crippen molar-refractivity contribution in [3.05, 3.63) is 35.5 Å². The Morgan fingerprint density at radius 2 is 2.14 bits per heavy atom. The van der Waals surface area contributed by atoms with Gasteiger partial charge in [0.25, 0.3) is 0 Å². The first-order valence-corrected chi connectivity index (χ1v) is 9.91. The number of likely N-dealkylation sites (N-methyl/N-ethyl adjacent to an activating group) is 1. The fraction of sp³-hybridized carbons (Fsp3) is 0.524. The summed E-state index contributed by atoms with van der Waals surface area (Å²) in [5.41, 5.74) is 3.68. The number of nitrogens with zero attached hydrogens (tertiary/aromatic N) is 2. The summed E-state index contributed by atoms with van der Waals surface area (Å²) in [5.74, 6) is 1.16. The molecule has 2 aromatic rings. The number of hydrogen-bond donors (Lipinski definition) is 3. The smallest absolute Gasteiger partial charge is 0.243 e. The number of rotatable bonds is 7. The van der Waals surface area contributed by atoms with E-state index in [2.05, 4.69) is 45.7 Å². The number of carbonyl (C=O) groups is 1. The van der Waals surface area contributed by atoms with E-state index in [0.717, 1.165) is 39.1 Å². The zero-order valence-corrected chi connectivity index (χ0v) is 17.0. The SMILES string of the molecule is Cc1[nH]c2ccccc2c1CCNC(=NCC(=O)N(C)C)NCC1CCOC1. The van der Waals surface area contributed by atoms with Crippen LogP contribution >= 0.6 is 0 Å². The molecule has 7 nitrogen and oxygen atoms in total. The summed E-state index contributed by atoms with van der Waals surface area (Å²) >= 11 is 0. The maximum atomic E-state index is 11.9. The third-order valence-corrected chi connectivity index (χ3v) is 5.15. The minimum atomic E-state index is -0.0160. The Hall–Kier alpha value is -2.54. The summed E-state index contributed by atoms with van der Waals surface area (Å²) in [6.45, 7) is 5.39. The number of aliphatic imine (C=N–C) groups is 1. The lowest BCUT2D eigenvalue weighted by molar-refractivity contribution is -0.127. The standard InChI is InChI=1S/C21H31N5O2/c1-15-17(18-6-4-5-7-19(18)25-15)8-10-22-21(24-13-20(27)26(2)3)23-12-16-9-11-28-14-16/h4-7,16,25H,8-14H2,1-3H3,(H2,22,23,24). The molecule has 1 aromatic heterocycles.